The van der Waals surface area contributed by atoms with E-state index >= 15 is 0 Å². The van der Waals surface area contributed by atoms with Gasteiger partial charge < -0.3 is 10.3 Å². The van der Waals surface area contributed by atoms with Gasteiger partial charge in [0.25, 0.3) is 0 Å². The van der Waals surface area contributed by atoms with Crippen LogP contribution in [0.4, 0.5) is 5.69 Å². The van der Waals surface area contributed by atoms with Crippen LogP contribution >= 0.6 is 0 Å². The monoisotopic (exact) mass is 200 g/mol. The first-order valence-corrected chi connectivity index (χ1v) is 5.17. The van der Waals surface area contributed by atoms with Gasteiger partial charge in [0.05, 0.1) is 0 Å². The number of rotatable bonds is 1. The molecule has 0 radical (unpaired) electrons. The number of fused-ring (bicyclic) bond motifs is 1. The fourth-order valence-corrected chi connectivity index (χ4v) is 2.06. The van der Waals surface area contributed by atoms with Crippen molar-refractivity contribution in [1.29, 1.82) is 5.41 Å². The van der Waals surface area contributed by atoms with Crippen LogP contribution < -0.4 is 4.90 Å². The zero-order valence-electron chi connectivity index (χ0n) is 9.30. The van der Waals surface area contributed by atoms with Crippen molar-refractivity contribution in [2.75, 3.05) is 19.0 Å². The second-order valence-electron chi connectivity index (χ2n) is 4.18. The van der Waals surface area contributed by atoms with E-state index in [1.807, 2.05) is 20.2 Å². The lowest BCUT2D eigenvalue weighted by atomic mass is 9.85. The molecular formula is C13H16N2. The Bertz CT molecular complexity index is 430. The summed E-state index contributed by atoms with van der Waals surface area (Å²) in [5, 5.41) is 8.03. The predicted octanol–water partition coefficient (Wildman–Crippen LogP) is 2.93. The molecule has 0 unspecified atom stereocenters. The van der Waals surface area contributed by atoms with E-state index in [2.05, 4.69) is 23.6 Å². The summed E-state index contributed by atoms with van der Waals surface area (Å²) >= 11 is 0. The number of nitrogens with zero attached hydrogens (tertiary/aromatic N) is 1. The Hall–Kier alpha value is -1.57. The van der Waals surface area contributed by atoms with Gasteiger partial charge in [-0.05, 0) is 30.0 Å². The van der Waals surface area contributed by atoms with Crippen LogP contribution in [-0.4, -0.2) is 19.8 Å². The number of anilines is 1. The van der Waals surface area contributed by atoms with Crippen molar-refractivity contribution in [3.63, 3.8) is 0 Å². The summed E-state index contributed by atoms with van der Waals surface area (Å²) in [5.41, 5.74) is 5.24. The van der Waals surface area contributed by atoms with Crippen LogP contribution in [0.3, 0.4) is 0 Å². The third kappa shape index (κ3) is 1.56. The van der Waals surface area contributed by atoms with Gasteiger partial charge in [-0.2, -0.15) is 0 Å². The second kappa shape index (κ2) is 3.54. The molecule has 2 nitrogen and oxygen atoms in total. The van der Waals surface area contributed by atoms with E-state index in [1.54, 1.807) is 0 Å². The fourth-order valence-electron chi connectivity index (χ4n) is 2.06. The van der Waals surface area contributed by atoms with Crippen molar-refractivity contribution >= 4 is 17.0 Å². The van der Waals surface area contributed by atoms with Crippen LogP contribution in [0.15, 0.2) is 24.8 Å². The molecule has 0 saturated carbocycles. The lowest BCUT2D eigenvalue weighted by molar-refractivity contribution is 1.05. The van der Waals surface area contributed by atoms with Gasteiger partial charge in [-0.15, -0.1) is 0 Å². The van der Waals surface area contributed by atoms with Crippen molar-refractivity contribution in [2.24, 2.45) is 0 Å². The molecule has 0 fully saturated rings. The minimum atomic E-state index is 0.738. The first-order chi connectivity index (χ1) is 7.11. The summed E-state index contributed by atoms with van der Waals surface area (Å²) in [6.07, 6.45) is 1.74. The molecule has 0 atom stereocenters. The van der Waals surface area contributed by atoms with E-state index in [-0.39, 0.29) is 0 Å². The number of benzene rings is 1. The van der Waals surface area contributed by atoms with Gasteiger partial charge in [0.2, 0.25) is 0 Å². The zero-order chi connectivity index (χ0) is 11.0. The van der Waals surface area contributed by atoms with Gasteiger partial charge in [-0.25, -0.2) is 0 Å². The molecule has 1 aromatic rings. The summed E-state index contributed by atoms with van der Waals surface area (Å²) in [6, 6.07) is 6.17. The first kappa shape index (κ1) is 9.97. The molecule has 0 spiro atoms. The molecule has 15 heavy (non-hydrogen) atoms. The fraction of sp³-hybridized carbons (Fsp3) is 0.308. The van der Waals surface area contributed by atoms with Crippen molar-refractivity contribution in [3.05, 3.63) is 35.9 Å². The number of nitrogens with one attached hydrogen (secondary N) is 1. The maximum atomic E-state index is 8.03. The summed E-state index contributed by atoms with van der Waals surface area (Å²) in [6.45, 7) is 4.08. The maximum absolute atomic E-state index is 8.03. The second-order valence-corrected chi connectivity index (χ2v) is 4.18. The van der Waals surface area contributed by atoms with Crippen LogP contribution in [-0.2, 0) is 0 Å². The molecule has 1 aliphatic rings. The Balaban J connectivity index is 2.66. The van der Waals surface area contributed by atoms with Gasteiger partial charge in [0, 0.05) is 31.1 Å². The highest BCUT2D eigenvalue weighted by molar-refractivity contribution is 6.09. The Morgan fingerprint density at radius 1 is 1.27 bits per heavy atom. The largest absolute Gasteiger partial charge is 0.377 e. The topological polar surface area (TPSA) is 27.1 Å². The highest BCUT2D eigenvalue weighted by Crippen LogP contribution is 2.34. The van der Waals surface area contributed by atoms with E-state index in [4.69, 9.17) is 5.41 Å². The Morgan fingerprint density at radius 3 is 2.67 bits per heavy atom. The quantitative estimate of drug-likeness (QED) is 0.741. The minimum Gasteiger partial charge on any atom is -0.377 e. The minimum absolute atomic E-state index is 0.738. The molecule has 78 valence electrons. The van der Waals surface area contributed by atoms with E-state index in [0.29, 0.717) is 0 Å². The van der Waals surface area contributed by atoms with Gasteiger partial charge in [0.1, 0.15) is 0 Å². The smallest absolute Gasteiger partial charge is 0.0459 e. The first-order valence-electron chi connectivity index (χ1n) is 5.17. The van der Waals surface area contributed by atoms with Crippen molar-refractivity contribution < 1.29 is 0 Å². The standard InChI is InChI=1S/C13H16N2/c1-9-7-8-11(14)13-10(9)5-4-6-12(13)15(2)3/h4-6,14H,1,7-8H2,2-3H3. The summed E-state index contributed by atoms with van der Waals surface area (Å²) < 4.78 is 0. The molecule has 1 aromatic carbocycles. The Kier molecular flexibility index (Phi) is 2.35. The molecule has 0 aliphatic heterocycles. The molecular weight excluding hydrogens is 184 g/mol. The molecule has 0 aromatic heterocycles. The normalized spacial score (nSPS) is 15.1. The van der Waals surface area contributed by atoms with Crippen molar-refractivity contribution in [1.82, 2.24) is 0 Å². The predicted molar refractivity (Wildman–Crippen MR) is 65.9 cm³/mol. The highest BCUT2D eigenvalue weighted by atomic mass is 15.1. The van der Waals surface area contributed by atoms with E-state index in [0.717, 1.165) is 40.9 Å². The highest BCUT2D eigenvalue weighted by Gasteiger charge is 2.20. The number of hydrogen-bond donors (Lipinski definition) is 1. The van der Waals surface area contributed by atoms with Crippen LogP contribution in [0.1, 0.15) is 24.0 Å². The zero-order valence-corrected chi connectivity index (χ0v) is 9.30. The third-order valence-electron chi connectivity index (χ3n) is 2.88. The van der Waals surface area contributed by atoms with Crippen LogP contribution in [0.5, 0.6) is 0 Å². The SMILES string of the molecule is C=C1CCC(=N)c2c1cccc2N(C)C. The lowest BCUT2D eigenvalue weighted by Gasteiger charge is -2.25. The van der Waals surface area contributed by atoms with Crippen molar-refractivity contribution in [2.45, 2.75) is 12.8 Å². The molecule has 0 saturated heterocycles. The van der Waals surface area contributed by atoms with Crippen LogP contribution in [0, 0.1) is 5.41 Å². The van der Waals surface area contributed by atoms with Gasteiger partial charge in [-0.3, -0.25) is 0 Å². The van der Waals surface area contributed by atoms with Crippen LogP contribution in [0.2, 0.25) is 0 Å². The van der Waals surface area contributed by atoms with Gasteiger partial charge in [-0.1, -0.05) is 18.7 Å². The molecule has 1 aliphatic carbocycles. The average Bonchev–Trinajstić information content (AvgIpc) is 2.23. The van der Waals surface area contributed by atoms with E-state index in [9.17, 15) is 0 Å². The van der Waals surface area contributed by atoms with Gasteiger partial charge in [0.15, 0.2) is 0 Å². The average molecular weight is 200 g/mol. The maximum Gasteiger partial charge on any atom is 0.0459 e. The van der Waals surface area contributed by atoms with E-state index in [1.165, 1.54) is 0 Å². The summed E-state index contributed by atoms with van der Waals surface area (Å²) in [4.78, 5) is 2.06. The molecule has 1 N–H and O–H groups in total. The Morgan fingerprint density at radius 2 is 2.00 bits per heavy atom. The van der Waals surface area contributed by atoms with E-state index < -0.39 is 0 Å². The molecule has 2 heteroatoms. The number of allylic oxidation sites excluding steroid dienone is 1. The van der Waals surface area contributed by atoms with Gasteiger partial charge >= 0.3 is 0 Å². The molecule has 0 bridgehead atoms. The summed E-state index contributed by atoms with van der Waals surface area (Å²) in [5.74, 6) is 0. The molecule has 2 rings (SSSR count). The summed E-state index contributed by atoms with van der Waals surface area (Å²) in [7, 11) is 4.03. The third-order valence-corrected chi connectivity index (χ3v) is 2.88. The number of hydrogen-bond acceptors (Lipinski definition) is 2. The molecule has 0 heterocycles. The van der Waals surface area contributed by atoms with Crippen molar-refractivity contribution in [3.8, 4) is 0 Å². The van der Waals surface area contributed by atoms with Crippen LogP contribution in [0.25, 0.3) is 5.57 Å². The lowest BCUT2D eigenvalue weighted by Crippen LogP contribution is -2.18. The Labute approximate surface area is 90.7 Å². The molecule has 0 amide bonds.